The number of rotatable bonds is 5. The molecule has 0 saturated heterocycles. The second kappa shape index (κ2) is 7.74. The molecule has 102 valence electrons. The van der Waals surface area contributed by atoms with E-state index in [0.717, 1.165) is 19.3 Å². The molecule has 0 aromatic heterocycles. The first-order valence-corrected chi connectivity index (χ1v) is 5.96. The van der Waals surface area contributed by atoms with E-state index in [1.54, 1.807) is 0 Å². The lowest BCUT2D eigenvalue weighted by atomic mass is 9.92. The zero-order chi connectivity index (χ0) is 14.3. The summed E-state index contributed by atoms with van der Waals surface area (Å²) < 4.78 is -2.72. The Bertz CT molecular complexity index is 241. The first kappa shape index (κ1) is 18.8. The van der Waals surface area contributed by atoms with Gasteiger partial charge in [0.25, 0.3) is 0 Å². The van der Waals surface area contributed by atoms with E-state index in [4.69, 9.17) is 39.1 Å². The average Bonchev–Trinajstić information content (AvgIpc) is 2.28. The van der Waals surface area contributed by atoms with Gasteiger partial charge in [0.1, 0.15) is 0 Å². The predicted octanol–water partition coefficient (Wildman–Crippen LogP) is 2.24. The van der Waals surface area contributed by atoms with Gasteiger partial charge in [0.15, 0.2) is 0 Å². The Hall–Kier alpha value is -0.520. The number of alkyl halides is 2. The highest BCUT2D eigenvalue weighted by atomic mass is 35.5. The molecule has 0 aliphatic heterocycles. The molecule has 0 fully saturated rings. The highest BCUT2D eigenvalue weighted by Crippen LogP contribution is 2.20. The third-order valence-corrected chi connectivity index (χ3v) is 3.30. The topological polar surface area (TPSA) is 101 Å². The van der Waals surface area contributed by atoms with Crippen LogP contribution in [0.1, 0.15) is 40.0 Å². The summed E-state index contributed by atoms with van der Waals surface area (Å²) in [7, 11) is 0. The molecule has 0 aromatic rings. The number of nitrogens with two attached hydrogens (primary N) is 1. The van der Waals surface area contributed by atoms with Gasteiger partial charge in [-0.2, -0.15) is 0 Å². The van der Waals surface area contributed by atoms with E-state index in [0.29, 0.717) is 0 Å². The van der Waals surface area contributed by atoms with Crippen LogP contribution < -0.4 is 5.73 Å². The fourth-order valence-corrected chi connectivity index (χ4v) is 0.841. The molecule has 0 aliphatic rings. The molecule has 0 aromatic carbocycles. The smallest absolute Gasteiger partial charge is 0.352 e. The van der Waals surface area contributed by atoms with E-state index in [1.165, 1.54) is 0 Å². The molecular formula is C10H19Cl2NO4. The van der Waals surface area contributed by atoms with Crippen molar-refractivity contribution in [2.45, 2.75) is 49.9 Å². The maximum Gasteiger partial charge on any atom is 0.352 e. The SMILES string of the molecule is CCC(N)(CC)CC.O=C(O)C(Cl)(Cl)C(=O)O. The quantitative estimate of drug-likeness (QED) is 0.532. The Kier molecular flexibility index (Phi) is 8.57. The van der Waals surface area contributed by atoms with Crippen LogP contribution in [-0.2, 0) is 9.59 Å². The number of carboxylic acids is 2. The number of hydrogen-bond donors (Lipinski definition) is 3. The average molecular weight is 288 g/mol. The predicted molar refractivity (Wildman–Crippen MR) is 67.5 cm³/mol. The van der Waals surface area contributed by atoms with Crippen molar-refractivity contribution >= 4 is 35.1 Å². The zero-order valence-corrected chi connectivity index (χ0v) is 11.7. The minimum absolute atomic E-state index is 0.125. The van der Waals surface area contributed by atoms with Crippen molar-refractivity contribution in [3.63, 3.8) is 0 Å². The summed E-state index contributed by atoms with van der Waals surface area (Å²) in [4.78, 5) is 19.6. The summed E-state index contributed by atoms with van der Waals surface area (Å²) in [6.45, 7) is 6.44. The van der Waals surface area contributed by atoms with E-state index in [2.05, 4.69) is 20.8 Å². The zero-order valence-electron chi connectivity index (χ0n) is 10.2. The largest absolute Gasteiger partial charge is 0.479 e. The summed E-state index contributed by atoms with van der Waals surface area (Å²) >= 11 is 9.54. The molecule has 0 atom stereocenters. The Morgan fingerprint density at radius 2 is 1.24 bits per heavy atom. The molecule has 17 heavy (non-hydrogen) atoms. The maximum absolute atomic E-state index is 9.82. The van der Waals surface area contributed by atoms with Gasteiger partial charge in [-0.3, -0.25) is 0 Å². The Morgan fingerprint density at radius 1 is 1.00 bits per heavy atom. The molecular weight excluding hydrogens is 269 g/mol. The fourth-order valence-electron chi connectivity index (χ4n) is 0.841. The second-order valence-electron chi connectivity index (χ2n) is 3.61. The molecule has 0 heterocycles. The molecule has 0 radical (unpaired) electrons. The summed E-state index contributed by atoms with van der Waals surface area (Å²) in [6.07, 6.45) is 3.29. The molecule has 0 amide bonds. The van der Waals surface area contributed by atoms with Crippen molar-refractivity contribution < 1.29 is 19.8 Å². The van der Waals surface area contributed by atoms with E-state index in [-0.39, 0.29) is 5.54 Å². The molecule has 0 unspecified atom stereocenters. The first-order valence-electron chi connectivity index (χ1n) is 5.20. The van der Waals surface area contributed by atoms with Crippen LogP contribution >= 0.6 is 23.2 Å². The van der Waals surface area contributed by atoms with Crippen LogP contribution in [0.3, 0.4) is 0 Å². The van der Waals surface area contributed by atoms with E-state index >= 15 is 0 Å². The van der Waals surface area contributed by atoms with Crippen molar-refractivity contribution in [1.29, 1.82) is 0 Å². The highest BCUT2D eigenvalue weighted by molar-refractivity contribution is 6.66. The van der Waals surface area contributed by atoms with Crippen molar-refractivity contribution in [1.82, 2.24) is 0 Å². The highest BCUT2D eigenvalue weighted by Gasteiger charge is 2.42. The summed E-state index contributed by atoms with van der Waals surface area (Å²) in [6, 6.07) is 0. The van der Waals surface area contributed by atoms with Gasteiger partial charge in [-0.1, -0.05) is 44.0 Å². The van der Waals surface area contributed by atoms with Gasteiger partial charge in [0, 0.05) is 5.54 Å². The number of aliphatic carboxylic acids is 2. The Morgan fingerprint density at radius 3 is 1.24 bits per heavy atom. The lowest BCUT2D eigenvalue weighted by Gasteiger charge is -2.23. The van der Waals surface area contributed by atoms with Crippen molar-refractivity contribution in [3.05, 3.63) is 0 Å². The Labute approximate surface area is 111 Å². The third-order valence-electron chi connectivity index (χ3n) is 2.65. The summed E-state index contributed by atoms with van der Waals surface area (Å²) in [5, 5.41) is 15.9. The van der Waals surface area contributed by atoms with Gasteiger partial charge in [0.05, 0.1) is 0 Å². The molecule has 0 aliphatic carbocycles. The monoisotopic (exact) mass is 287 g/mol. The number of carboxylic acid groups (broad SMARTS) is 2. The minimum atomic E-state index is -2.72. The van der Waals surface area contributed by atoms with Crippen molar-refractivity contribution in [2.75, 3.05) is 0 Å². The molecule has 5 nitrogen and oxygen atoms in total. The summed E-state index contributed by atoms with van der Waals surface area (Å²) in [5.41, 5.74) is 6.02. The van der Waals surface area contributed by atoms with Crippen LogP contribution in [0.15, 0.2) is 0 Å². The van der Waals surface area contributed by atoms with Crippen molar-refractivity contribution in [2.24, 2.45) is 5.73 Å². The van der Waals surface area contributed by atoms with Crippen LogP contribution in [0.2, 0.25) is 0 Å². The Balaban J connectivity index is 0. The number of halogens is 2. The fraction of sp³-hybridized carbons (Fsp3) is 0.800. The first-order chi connectivity index (χ1) is 7.57. The summed E-state index contributed by atoms with van der Waals surface area (Å²) in [5.74, 6) is -3.59. The van der Waals surface area contributed by atoms with Crippen molar-refractivity contribution in [3.8, 4) is 0 Å². The molecule has 0 rings (SSSR count). The van der Waals surface area contributed by atoms with E-state index < -0.39 is 16.3 Å². The van der Waals surface area contributed by atoms with Gasteiger partial charge in [-0.15, -0.1) is 0 Å². The third kappa shape index (κ3) is 6.71. The maximum atomic E-state index is 9.82. The van der Waals surface area contributed by atoms with Crippen LogP contribution in [0.25, 0.3) is 0 Å². The molecule has 4 N–H and O–H groups in total. The molecule has 0 bridgehead atoms. The molecule has 0 spiro atoms. The second-order valence-corrected chi connectivity index (χ2v) is 4.94. The van der Waals surface area contributed by atoms with Gasteiger partial charge in [0.2, 0.25) is 0 Å². The van der Waals surface area contributed by atoms with Gasteiger partial charge < -0.3 is 15.9 Å². The van der Waals surface area contributed by atoms with Gasteiger partial charge in [-0.05, 0) is 19.3 Å². The van der Waals surface area contributed by atoms with Crippen LogP contribution in [0, 0.1) is 0 Å². The lowest BCUT2D eigenvalue weighted by molar-refractivity contribution is -0.148. The van der Waals surface area contributed by atoms with Crippen LogP contribution in [0.5, 0.6) is 0 Å². The lowest BCUT2D eigenvalue weighted by Crippen LogP contribution is -2.37. The van der Waals surface area contributed by atoms with E-state index in [9.17, 15) is 9.59 Å². The normalized spacial score (nSPS) is 11.4. The number of hydrogen-bond acceptors (Lipinski definition) is 3. The van der Waals surface area contributed by atoms with Crippen LogP contribution in [-0.4, -0.2) is 32.0 Å². The molecule has 7 heteroatoms. The van der Waals surface area contributed by atoms with Gasteiger partial charge >= 0.3 is 16.3 Å². The minimum Gasteiger partial charge on any atom is -0.479 e. The van der Waals surface area contributed by atoms with Gasteiger partial charge in [-0.25, -0.2) is 9.59 Å². The molecule has 0 saturated carbocycles. The van der Waals surface area contributed by atoms with Crippen LogP contribution in [0.4, 0.5) is 0 Å². The van der Waals surface area contributed by atoms with E-state index in [1.807, 2.05) is 0 Å². The number of carbonyl (C=O) groups is 2. The standard InChI is InChI=1S/C7H17N.C3H2Cl2O4/c1-4-7(8,5-2)6-3;4-3(5,1(6)7)2(8)9/h4-6,8H2,1-3H3;(H,6,7)(H,8,9).